The second kappa shape index (κ2) is 6.36. The molecule has 2 aromatic rings. The summed E-state index contributed by atoms with van der Waals surface area (Å²) in [5.41, 5.74) is 10.2. The zero-order valence-corrected chi connectivity index (χ0v) is 11.9. The summed E-state index contributed by atoms with van der Waals surface area (Å²) in [6.07, 6.45) is 2.06. The van der Waals surface area contributed by atoms with Gasteiger partial charge in [-0.15, -0.1) is 0 Å². The molecular weight excluding hydrogens is 272 g/mol. The Morgan fingerprint density at radius 2 is 1.75 bits per heavy atom. The van der Waals surface area contributed by atoms with Gasteiger partial charge in [0.25, 0.3) is 11.3 Å². The molecule has 0 spiro atoms. The van der Waals surface area contributed by atoms with Crippen molar-refractivity contribution in [1.29, 1.82) is 0 Å². The number of rotatable bonds is 4. The van der Waals surface area contributed by atoms with Gasteiger partial charge in [0.1, 0.15) is 0 Å². The lowest BCUT2D eigenvalue weighted by Gasteiger charge is -2.05. The average Bonchev–Trinajstić information content (AvgIpc) is 2.41. The van der Waals surface area contributed by atoms with Crippen molar-refractivity contribution >= 4 is 34.3 Å². The number of nitrogen functional groups attached to an aromatic ring is 1. The Hall–Kier alpha value is -2.11. The third-order valence-corrected chi connectivity index (χ3v) is 3.28. The van der Waals surface area contributed by atoms with Gasteiger partial charge in [-0.25, -0.2) is 4.21 Å². The van der Waals surface area contributed by atoms with Crippen molar-refractivity contribution in [3.8, 4) is 0 Å². The van der Waals surface area contributed by atoms with Crippen LogP contribution >= 0.6 is 0 Å². The van der Waals surface area contributed by atoms with Crippen LogP contribution in [0.5, 0.6) is 0 Å². The maximum absolute atomic E-state index is 10.6. The molecule has 0 aromatic heterocycles. The van der Waals surface area contributed by atoms with Crippen molar-refractivity contribution in [3.05, 3.63) is 59.7 Å². The highest BCUT2D eigenvalue weighted by molar-refractivity contribution is 7.80. The lowest BCUT2D eigenvalue weighted by molar-refractivity contribution is 0.570. The molecule has 1 atom stereocenters. The van der Waals surface area contributed by atoms with Crippen molar-refractivity contribution < 1.29 is 8.76 Å². The molecule has 0 aliphatic carbocycles. The zero-order chi connectivity index (χ0) is 14.5. The van der Waals surface area contributed by atoms with E-state index < -0.39 is 11.3 Å². The Bertz CT molecular complexity index is 634. The Balaban J connectivity index is 2.18. The van der Waals surface area contributed by atoms with Crippen LogP contribution in [0.15, 0.2) is 48.5 Å². The van der Waals surface area contributed by atoms with E-state index in [9.17, 15) is 4.21 Å². The van der Waals surface area contributed by atoms with E-state index in [2.05, 4.69) is 10.8 Å². The molecule has 2 rings (SSSR count). The molecule has 0 aliphatic rings. The Labute approximate surface area is 120 Å². The molecule has 0 heterocycles. The van der Waals surface area contributed by atoms with Crippen LogP contribution in [0.1, 0.15) is 18.1 Å². The molecule has 4 N–H and O–H groups in total. The van der Waals surface area contributed by atoms with E-state index in [1.165, 1.54) is 0 Å². The summed E-state index contributed by atoms with van der Waals surface area (Å²) >= 11 is -2.04. The van der Waals surface area contributed by atoms with E-state index in [4.69, 9.17) is 10.3 Å². The maximum atomic E-state index is 10.6. The quantitative estimate of drug-likeness (QED) is 0.458. The topological polar surface area (TPSA) is 75.3 Å². The average molecular weight is 288 g/mol. The van der Waals surface area contributed by atoms with Crippen LogP contribution in [0.3, 0.4) is 0 Å². The second-order valence-corrected chi connectivity index (χ2v) is 5.13. The minimum atomic E-state index is -2.04. The van der Waals surface area contributed by atoms with E-state index in [0.717, 1.165) is 22.4 Å². The molecule has 5 heteroatoms. The van der Waals surface area contributed by atoms with Crippen molar-refractivity contribution in [1.82, 2.24) is 0 Å². The summed E-state index contributed by atoms with van der Waals surface area (Å²) in [4.78, 5) is 0. The van der Waals surface area contributed by atoms with Crippen LogP contribution in [0.25, 0.3) is 11.6 Å². The normalized spacial score (nSPS) is 13.0. The van der Waals surface area contributed by atoms with Gasteiger partial charge in [-0.05, 0) is 47.9 Å². The van der Waals surface area contributed by atoms with E-state index >= 15 is 0 Å². The number of benzene rings is 2. The van der Waals surface area contributed by atoms with Crippen LogP contribution in [-0.4, -0.2) is 8.76 Å². The van der Waals surface area contributed by atoms with Gasteiger partial charge in [0, 0.05) is 11.4 Å². The molecule has 0 bridgehead atoms. The highest BCUT2D eigenvalue weighted by Crippen LogP contribution is 2.20. The number of allylic oxidation sites excluding steroid dienone is 1. The van der Waals surface area contributed by atoms with E-state index in [0.29, 0.717) is 5.69 Å². The summed E-state index contributed by atoms with van der Waals surface area (Å²) in [6.45, 7) is 2.02. The highest BCUT2D eigenvalue weighted by atomic mass is 32.2. The van der Waals surface area contributed by atoms with Gasteiger partial charge in [0.15, 0.2) is 0 Å². The molecule has 0 amide bonds. The van der Waals surface area contributed by atoms with Crippen LogP contribution in [-0.2, 0) is 11.3 Å². The molecule has 0 aliphatic heterocycles. The summed E-state index contributed by atoms with van der Waals surface area (Å²) in [7, 11) is 0. The summed E-state index contributed by atoms with van der Waals surface area (Å²) in [6, 6.07) is 15.0. The molecule has 104 valence electrons. The fraction of sp³-hybridized carbons (Fsp3) is 0.0667. The molecule has 4 nitrogen and oxygen atoms in total. The summed E-state index contributed by atoms with van der Waals surface area (Å²) in [5.74, 6) is 0. The highest BCUT2D eigenvalue weighted by Gasteiger charge is 1.99. The van der Waals surface area contributed by atoms with Gasteiger partial charge in [0.05, 0.1) is 0 Å². The van der Waals surface area contributed by atoms with Gasteiger partial charge < -0.3 is 5.73 Å². The molecule has 0 saturated carbocycles. The molecule has 2 aromatic carbocycles. The number of hydrogen-bond donors (Lipinski definition) is 3. The van der Waals surface area contributed by atoms with Gasteiger partial charge in [-0.3, -0.25) is 9.27 Å². The Kier molecular flexibility index (Phi) is 4.55. The standard InChI is InChI=1S/C15H16N2O2S/c1-11(10-12-2-6-14(16)7-3-12)13-4-8-15(9-5-13)17-20(18)19/h2-10,17H,16H2,1H3,(H,18,19). The summed E-state index contributed by atoms with van der Waals surface area (Å²) < 4.78 is 21.8. The van der Waals surface area contributed by atoms with Crippen LogP contribution < -0.4 is 10.5 Å². The van der Waals surface area contributed by atoms with Gasteiger partial charge in [0.2, 0.25) is 0 Å². The molecule has 1 unspecified atom stereocenters. The monoisotopic (exact) mass is 288 g/mol. The second-order valence-electron chi connectivity index (χ2n) is 4.42. The zero-order valence-electron chi connectivity index (χ0n) is 11.0. The summed E-state index contributed by atoms with van der Waals surface area (Å²) in [5, 5.41) is 0. The predicted octanol–water partition coefficient (Wildman–Crippen LogP) is 3.38. The lowest BCUT2D eigenvalue weighted by Crippen LogP contribution is -2.01. The first-order valence-electron chi connectivity index (χ1n) is 6.06. The third-order valence-electron chi connectivity index (χ3n) is 2.87. The maximum Gasteiger partial charge on any atom is 0.259 e. The Morgan fingerprint density at radius 3 is 2.30 bits per heavy atom. The fourth-order valence-electron chi connectivity index (χ4n) is 1.83. The first-order chi connectivity index (χ1) is 9.54. The predicted molar refractivity (Wildman–Crippen MR) is 85.2 cm³/mol. The SMILES string of the molecule is CC(=Cc1ccc(N)cc1)c1ccc(NS(=O)O)cc1. The Morgan fingerprint density at radius 1 is 1.15 bits per heavy atom. The molecule has 20 heavy (non-hydrogen) atoms. The number of nitrogens with two attached hydrogens (primary N) is 1. The largest absolute Gasteiger partial charge is 0.399 e. The van der Waals surface area contributed by atoms with Crippen molar-refractivity contribution in [3.63, 3.8) is 0 Å². The van der Waals surface area contributed by atoms with Crippen molar-refractivity contribution in [2.24, 2.45) is 0 Å². The van der Waals surface area contributed by atoms with Crippen LogP contribution in [0, 0.1) is 0 Å². The van der Waals surface area contributed by atoms with Crippen molar-refractivity contribution in [2.75, 3.05) is 10.5 Å². The van der Waals surface area contributed by atoms with Gasteiger partial charge in [-0.1, -0.05) is 30.3 Å². The first kappa shape index (κ1) is 14.3. The van der Waals surface area contributed by atoms with Crippen LogP contribution in [0.2, 0.25) is 0 Å². The van der Waals surface area contributed by atoms with Gasteiger partial charge >= 0.3 is 0 Å². The minimum absolute atomic E-state index is 0.606. The van der Waals surface area contributed by atoms with E-state index in [-0.39, 0.29) is 0 Å². The van der Waals surface area contributed by atoms with E-state index in [1.807, 2.05) is 43.3 Å². The van der Waals surface area contributed by atoms with Crippen LogP contribution in [0.4, 0.5) is 11.4 Å². The fourth-order valence-corrected chi connectivity index (χ4v) is 2.17. The minimum Gasteiger partial charge on any atom is -0.399 e. The smallest absolute Gasteiger partial charge is 0.259 e. The van der Waals surface area contributed by atoms with E-state index in [1.54, 1.807) is 12.1 Å². The number of nitrogens with one attached hydrogen (secondary N) is 1. The first-order valence-corrected chi connectivity index (χ1v) is 7.17. The molecular formula is C15H16N2O2S. The molecule has 0 radical (unpaired) electrons. The molecule has 0 saturated heterocycles. The van der Waals surface area contributed by atoms with Gasteiger partial charge in [-0.2, -0.15) is 0 Å². The van der Waals surface area contributed by atoms with Crippen molar-refractivity contribution in [2.45, 2.75) is 6.92 Å². The number of hydrogen-bond acceptors (Lipinski definition) is 2. The molecule has 0 fully saturated rings. The third kappa shape index (κ3) is 3.94. The number of anilines is 2. The lowest BCUT2D eigenvalue weighted by atomic mass is 10.0.